The molecule has 6 heteroatoms. The molecule has 0 heterocycles. The van der Waals surface area contributed by atoms with E-state index in [1.165, 1.54) is 43.3 Å². The van der Waals surface area contributed by atoms with Gasteiger partial charge in [0.15, 0.2) is 0 Å². The van der Waals surface area contributed by atoms with Crippen molar-refractivity contribution in [2.75, 3.05) is 6.54 Å². The van der Waals surface area contributed by atoms with Gasteiger partial charge >= 0.3 is 11.9 Å². The van der Waals surface area contributed by atoms with Gasteiger partial charge in [-0.3, -0.25) is 9.59 Å². The smallest absolute Gasteiger partial charge is 0.335 e. The van der Waals surface area contributed by atoms with Crippen LogP contribution in [0.25, 0.3) is 5.57 Å². The maximum atomic E-state index is 12.7. The predicted molar refractivity (Wildman–Crippen MR) is 186 cm³/mol. The molecule has 5 aliphatic carbocycles. The molecule has 0 bridgehead atoms. The van der Waals surface area contributed by atoms with Gasteiger partial charge in [-0.05, 0) is 145 Å². The Hall–Kier alpha value is -2.89. The summed E-state index contributed by atoms with van der Waals surface area (Å²) >= 11 is 0. The average Bonchev–Trinajstić information content (AvgIpc) is 3.39. The molecule has 256 valence electrons. The van der Waals surface area contributed by atoms with E-state index in [9.17, 15) is 19.5 Å². The van der Waals surface area contributed by atoms with Crippen molar-refractivity contribution in [2.45, 2.75) is 112 Å². The summed E-state index contributed by atoms with van der Waals surface area (Å²) in [7, 11) is 0. The van der Waals surface area contributed by atoms with Crippen LogP contribution in [-0.4, -0.2) is 34.6 Å². The molecule has 3 N–H and O–H groups in total. The van der Waals surface area contributed by atoms with Gasteiger partial charge in [-0.25, -0.2) is 4.79 Å². The van der Waals surface area contributed by atoms with Gasteiger partial charge in [0.2, 0.25) is 5.91 Å². The highest BCUT2D eigenvalue weighted by atomic mass is 16.4. The fraction of sp³-hybridized carbons (Fsp3) is 0.683. The zero-order valence-corrected chi connectivity index (χ0v) is 29.6. The van der Waals surface area contributed by atoms with E-state index in [4.69, 9.17) is 5.11 Å². The van der Waals surface area contributed by atoms with Gasteiger partial charge in [-0.1, -0.05) is 65.0 Å². The van der Waals surface area contributed by atoms with E-state index in [-0.39, 0.29) is 45.8 Å². The molecule has 1 aromatic rings. The second-order valence-corrected chi connectivity index (χ2v) is 17.6. The van der Waals surface area contributed by atoms with Gasteiger partial charge < -0.3 is 15.5 Å². The Balaban J connectivity index is 1.30. The van der Waals surface area contributed by atoms with Crippen LogP contribution in [0.5, 0.6) is 0 Å². The summed E-state index contributed by atoms with van der Waals surface area (Å²) in [5, 5.41) is 21.8. The highest BCUT2D eigenvalue weighted by Gasteiger charge is 2.70. The van der Waals surface area contributed by atoms with Crippen LogP contribution >= 0.6 is 0 Å². The number of carbonyl (C=O) groups excluding carboxylic acids is 1. The largest absolute Gasteiger partial charge is 0.481 e. The monoisotopic (exact) mass is 643 g/mol. The van der Waals surface area contributed by atoms with Crippen molar-refractivity contribution in [2.24, 2.45) is 56.7 Å². The lowest BCUT2D eigenvalue weighted by Crippen LogP contribution is -2.66. The molecule has 0 radical (unpaired) electrons. The van der Waals surface area contributed by atoms with Crippen LogP contribution in [0.3, 0.4) is 0 Å². The van der Waals surface area contributed by atoms with Crippen molar-refractivity contribution in [1.29, 1.82) is 0 Å². The zero-order valence-electron chi connectivity index (χ0n) is 29.6. The first-order valence-corrected chi connectivity index (χ1v) is 18.2. The van der Waals surface area contributed by atoms with Crippen LogP contribution < -0.4 is 5.32 Å². The van der Waals surface area contributed by atoms with E-state index in [1.807, 2.05) is 12.1 Å². The number of fused-ring (bicyclic) bond motifs is 7. The normalized spacial score (nSPS) is 40.1. The Kier molecular flexibility index (Phi) is 8.40. The molecule has 4 fully saturated rings. The van der Waals surface area contributed by atoms with E-state index in [2.05, 4.69) is 59.5 Å². The first-order valence-electron chi connectivity index (χ1n) is 18.2. The van der Waals surface area contributed by atoms with Crippen LogP contribution in [0.2, 0.25) is 0 Å². The standard InChI is InChI=1S/C41H57NO5/c1-25(2)28-16-21-41(24-42-33(43)14-15-34(44)45)23-22-39(6)30(35(28)41)12-13-32-38(5)19-17-29(26-8-10-27(11-9-26)36(46)47)37(3,4)31(38)18-20-40(32,39)7/h8-11,17,28,30-32,35H,1,12-16,18-24H2,2-7H3,(H,42,43)(H,44,45)(H,46,47). The fourth-order valence-electron chi connectivity index (χ4n) is 13.1. The number of rotatable bonds is 8. The molecule has 4 saturated carbocycles. The molecular weight excluding hydrogens is 586 g/mol. The van der Waals surface area contributed by atoms with Crippen molar-refractivity contribution >= 4 is 23.4 Å². The molecule has 0 aliphatic heterocycles. The molecule has 9 unspecified atom stereocenters. The number of aromatic carboxylic acids is 1. The minimum Gasteiger partial charge on any atom is -0.481 e. The maximum Gasteiger partial charge on any atom is 0.335 e. The van der Waals surface area contributed by atoms with Crippen molar-refractivity contribution in [3.8, 4) is 0 Å². The van der Waals surface area contributed by atoms with E-state index in [0.29, 0.717) is 41.7 Å². The highest BCUT2D eigenvalue weighted by Crippen LogP contribution is 2.77. The summed E-state index contributed by atoms with van der Waals surface area (Å²) in [5.74, 6) is 0.750. The molecule has 6 rings (SSSR count). The quantitative estimate of drug-likeness (QED) is 0.245. The Morgan fingerprint density at radius 3 is 2.19 bits per heavy atom. The van der Waals surface area contributed by atoms with Crippen LogP contribution in [0.4, 0.5) is 0 Å². The minimum atomic E-state index is -0.927. The molecule has 0 aromatic heterocycles. The van der Waals surface area contributed by atoms with Crippen LogP contribution in [-0.2, 0) is 9.59 Å². The zero-order chi connectivity index (χ0) is 34.2. The molecule has 1 aromatic carbocycles. The number of benzene rings is 1. The van der Waals surface area contributed by atoms with Gasteiger partial charge in [0, 0.05) is 13.0 Å². The summed E-state index contributed by atoms with van der Waals surface area (Å²) in [6.45, 7) is 20.1. The van der Waals surface area contributed by atoms with Gasteiger partial charge in [0.05, 0.1) is 12.0 Å². The third kappa shape index (κ3) is 5.14. The second kappa shape index (κ2) is 11.6. The Bertz CT molecular complexity index is 1490. The number of hydrogen-bond acceptors (Lipinski definition) is 3. The van der Waals surface area contributed by atoms with Crippen molar-refractivity contribution in [3.05, 3.63) is 53.6 Å². The number of carboxylic acids is 2. The summed E-state index contributed by atoms with van der Waals surface area (Å²) < 4.78 is 0. The number of hydrogen-bond donors (Lipinski definition) is 3. The maximum absolute atomic E-state index is 12.7. The number of nitrogens with one attached hydrogen (secondary N) is 1. The van der Waals surface area contributed by atoms with Gasteiger partial charge in [0.1, 0.15) is 0 Å². The lowest BCUT2D eigenvalue weighted by Gasteiger charge is -2.72. The molecule has 9 atom stereocenters. The summed E-state index contributed by atoms with van der Waals surface area (Å²) in [6, 6.07) is 7.49. The Morgan fingerprint density at radius 1 is 0.851 bits per heavy atom. The molecule has 6 nitrogen and oxygen atoms in total. The number of amides is 1. The number of carbonyl (C=O) groups is 3. The molecule has 1 amide bonds. The van der Waals surface area contributed by atoms with Crippen LogP contribution in [0.15, 0.2) is 42.5 Å². The number of aliphatic carboxylic acids is 1. The third-order valence-corrected chi connectivity index (χ3v) is 15.5. The molecular formula is C41H57NO5. The Labute approximate surface area is 281 Å². The molecule has 5 aliphatic rings. The molecule has 0 saturated heterocycles. The Morgan fingerprint density at radius 2 is 1.55 bits per heavy atom. The molecule has 0 spiro atoms. The van der Waals surface area contributed by atoms with Gasteiger partial charge in [-0.15, -0.1) is 0 Å². The van der Waals surface area contributed by atoms with Gasteiger partial charge in [-0.2, -0.15) is 0 Å². The topological polar surface area (TPSA) is 104 Å². The fourth-order valence-corrected chi connectivity index (χ4v) is 13.1. The van der Waals surface area contributed by atoms with E-state index in [0.717, 1.165) is 31.2 Å². The second-order valence-electron chi connectivity index (χ2n) is 17.6. The van der Waals surface area contributed by atoms with Gasteiger partial charge in [0.25, 0.3) is 0 Å². The van der Waals surface area contributed by atoms with Crippen LogP contribution in [0, 0.1) is 56.7 Å². The average molecular weight is 644 g/mol. The number of carboxylic acid groups (broad SMARTS) is 2. The summed E-state index contributed by atoms with van der Waals surface area (Å²) in [6.07, 6.45) is 12.9. The highest BCUT2D eigenvalue weighted by molar-refractivity contribution is 5.88. The lowest BCUT2D eigenvalue weighted by molar-refractivity contribution is -0.225. The lowest BCUT2D eigenvalue weighted by atomic mass is 9.32. The molecule has 47 heavy (non-hydrogen) atoms. The first-order chi connectivity index (χ1) is 22.0. The van der Waals surface area contributed by atoms with Crippen LogP contribution in [0.1, 0.15) is 128 Å². The van der Waals surface area contributed by atoms with E-state index < -0.39 is 11.9 Å². The van der Waals surface area contributed by atoms with E-state index >= 15 is 0 Å². The first kappa shape index (κ1) is 34.0. The SMILES string of the molecule is C=C(C)C1CCC2(CNC(=O)CCC(=O)O)CCC3(C)C(CCC4C5(C)CC=C(c6ccc(C(=O)O)cc6)C(C)(C)C5CCC43C)C12. The van der Waals surface area contributed by atoms with E-state index in [1.54, 1.807) is 12.1 Å². The summed E-state index contributed by atoms with van der Waals surface area (Å²) in [5.41, 5.74) is 4.76. The predicted octanol–water partition coefficient (Wildman–Crippen LogP) is 9.02. The summed E-state index contributed by atoms with van der Waals surface area (Å²) in [4.78, 5) is 35.3. The van der Waals surface area contributed by atoms with Crippen molar-refractivity contribution in [3.63, 3.8) is 0 Å². The van der Waals surface area contributed by atoms with Crippen molar-refractivity contribution < 1.29 is 24.6 Å². The van der Waals surface area contributed by atoms with Crippen molar-refractivity contribution in [1.82, 2.24) is 5.32 Å². The minimum absolute atomic E-state index is 0.0200. The number of allylic oxidation sites excluding steroid dienone is 3. The third-order valence-electron chi connectivity index (χ3n) is 15.5.